The van der Waals surface area contributed by atoms with Crippen LogP contribution in [0.5, 0.6) is 0 Å². The molecule has 5 nitrogen and oxygen atoms in total. The van der Waals surface area contributed by atoms with Crippen molar-refractivity contribution >= 4 is 16.6 Å². The maximum absolute atomic E-state index is 11.0. The summed E-state index contributed by atoms with van der Waals surface area (Å²) in [5.74, 6) is 0. The summed E-state index contributed by atoms with van der Waals surface area (Å²) >= 11 is 0. The molecule has 1 heterocycles. The predicted molar refractivity (Wildman–Crippen MR) is 83.2 cm³/mol. The number of aromatic nitrogens is 1. The van der Waals surface area contributed by atoms with Gasteiger partial charge in [-0.25, -0.2) is 0 Å². The average Bonchev–Trinajstić information content (AvgIpc) is 2.54. The molecule has 106 valence electrons. The van der Waals surface area contributed by atoms with Crippen molar-refractivity contribution in [3.05, 3.63) is 70.4 Å². The van der Waals surface area contributed by atoms with Gasteiger partial charge in [-0.2, -0.15) is 5.26 Å². The average molecular weight is 289 g/mol. The summed E-state index contributed by atoms with van der Waals surface area (Å²) in [7, 11) is 0. The molecule has 0 N–H and O–H groups in total. The van der Waals surface area contributed by atoms with Crippen molar-refractivity contribution in [1.29, 1.82) is 5.26 Å². The lowest BCUT2D eigenvalue weighted by Crippen LogP contribution is -1.91. The van der Waals surface area contributed by atoms with E-state index in [1.165, 1.54) is 12.1 Å². The standard InChI is InChI=1S/C17H11N3O2/c18-7-6-12-9-14-4-2-8-19-17(14)16(10-12)13-3-1-5-15(11-13)20(21)22/h1-5,8-11H,6H2. The van der Waals surface area contributed by atoms with Gasteiger partial charge < -0.3 is 0 Å². The number of hydrogen-bond donors (Lipinski definition) is 0. The van der Waals surface area contributed by atoms with E-state index in [4.69, 9.17) is 5.26 Å². The van der Waals surface area contributed by atoms with Crippen molar-refractivity contribution in [3.8, 4) is 17.2 Å². The fourth-order valence-electron chi connectivity index (χ4n) is 2.45. The first-order valence-corrected chi connectivity index (χ1v) is 6.68. The lowest BCUT2D eigenvalue weighted by molar-refractivity contribution is -0.384. The van der Waals surface area contributed by atoms with Gasteiger partial charge in [0.05, 0.1) is 22.9 Å². The Balaban J connectivity index is 2.27. The minimum Gasteiger partial charge on any atom is -0.258 e. The number of pyridine rings is 1. The molecule has 0 fully saturated rings. The monoisotopic (exact) mass is 289 g/mol. The van der Waals surface area contributed by atoms with Gasteiger partial charge in [0.2, 0.25) is 0 Å². The molecule has 5 heteroatoms. The van der Waals surface area contributed by atoms with E-state index in [0.29, 0.717) is 0 Å². The summed E-state index contributed by atoms with van der Waals surface area (Å²) in [6.07, 6.45) is 1.97. The fourth-order valence-corrected chi connectivity index (χ4v) is 2.45. The fraction of sp³-hybridized carbons (Fsp3) is 0.0588. The van der Waals surface area contributed by atoms with Crippen LogP contribution in [-0.2, 0) is 6.42 Å². The Hall–Kier alpha value is -3.26. The van der Waals surface area contributed by atoms with Crippen LogP contribution < -0.4 is 0 Å². The van der Waals surface area contributed by atoms with Crippen molar-refractivity contribution in [3.63, 3.8) is 0 Å². The quantitative estimate of drug-likeness (QED) is 0.541. The molecule has 0 atom stereocenters. The Morgan fingerprint density at radius 3 is 2.82 bits per heavy atom. The summed E-state index contributed by atoms with van der Waals surface area (Å²) < 4.78 is 0. The van der Waals surface area contributed by atoms with Crippen molar-refractivity contribution in [2.45, 2.75) is 6.42 Å². The molecule has 0 aliphatic heterocycles. The summed E-state index contributed by atoms with van der Waals surface area (Å²) in [4.78, 5) is 14.9. The molecule has 0 saturated carbocycles. The SMILES string of the molecule is N#CCc1cc(-c2cccc([N+](=O)[O-])c2)c2ncccc2c1. The van der Waals surface area contributed by atoms with E-state index in [2.05, 4.69) is 11.1 Å². The third-order valence-electron chi connectivity index (χ3n) is 3.42. The van der Waals surface area contributed by atoms with E-state index in [0.717, 1.165) is 27.6 Å². The van der Waals surface area contributed by atoms with Gasteiger partial charge in [-0.15, -0.1) is 0 Å². The summed E-state index contributed by atoms with van der Waals surface area (Å²) in [6.45, 7) is 0. The number of nitriles is 1. The molecule has 22 heavy (non-hydrogen) atoms. The Bertz CT molecular complexity index is 913. The smallest absolute Gasteiger partial charge is 0.258 e. The second kappa shape index (κ2) is 5.62. The van der Waals surface area contributed by atoms with Gasteiger partial charge in [0.25, 0.3) is 5.69 Å². The van der Waals surface area contributed by atoms with Crippen LogP contribution >= 0.6 is 0 Å². The second-order valence-corrected chi connectivity index (χ2v) is 4.86. The molecular weight excluding hydrogens is 278 g/mol. The van der Waals surface area contributed by atoms with Crippen molar-refractivity contribution in [2.75, 3.05) is 0 Å². The number of rotatable bonds is 3. The van der Waals surface area contributed by atoms with Crippen LogP contribution in [-0.4, -0.2) is 9.91 Å². The molecule has 1 aromatic heterocycles. The predicted octanol–water partition coefficient (Wildman–Crippen LogP) is 3.88. The van der Waals surface area contributed by atoms with Crippen molar-refractivity contribution < 1.29 is 4.92 Å². The molecule has 3 rings (SSSR count). The Morgan fingerprint density at radius 1 is 1.18 bits per heavy atom. The van der Waals surface area contributed by atoms with E-state index in [1.807, 2.05) is 30.3 Å². The van der Waals surface area contributed by atoms with Gasteiger partial charge in [0.15, 0.2) is 0 Å². The second-order valence-electron chi connectivity index (χ2n) is 4.86. The molecular formula is C17H11N3O2. The van der Waals surface area contributed by atoms with Crippen LogP contribution in [0.4, 0.5) is 5.69 Å². The first-order valence-electron chi connectivity index (χ1n) is 6.68. The number of nitro benzene ring substituents is 1. The summed E-state index contributed by atoms with van der Waals surface area (Å²) in [6, 6.07) is 16.1. The van der Waals surface area contributed by atoms with Crippen LogP contribution in [0, 0.1) is 21.4 Å². The van der Waals surface area contributed by atoms with Gasteiger partial charge in [-0.3, -0.25) is 15.1 Å². The lowest BCUT2D eigenvalue weighted by atomic mass is 9.97. The first-order chi connectivity index (χ1) is 10.7. The first kappa shape index (κ1) is 13.7. The minimum absolute atomic E-state index is 0.0345. The highest BCUT2D eigenvalue weighted by Gasteiger charge is 2.11. The molecule has 3 aromatic rings. The molecule has 0 spiro atoms. The molecule has 0 bridgehead atoms. The normalized spacial score (nSPS) is 10.3. The highest BCUT2D eigenvalue weighted by Crippen LogP contribution is 2.31. The van der Waals surface area contributed by atoms with E-state index in [9.17, 15) is 10.1 Å². The van der Waals surface area contributed by atoms with E-state index >= 15 is 0 Å². The zero-order valence-corrected chi connectivity index (χ0v) is 11.6. The van der Waals surface area contributed by atoms with E-state index < -0.39 is 4.92 Å². The largest absolute Gasteiger partial charge is 0.270 e. The Morgan fingerprint density at radius 2 is 2.05 bits per heavy atom. The minimum atomic E-state index is -0.418. The van der Waals surface area contributed by atoms with E-state index in [1.54, 1.807) is 12.3 Å². The van der Waals surface area contributed by atoms with Gasteiger partial charge in [-0.05, 0) is 29.3 Å². The van der Waals surface area contributed by atoms with Crippen LogP contribution in [0.2, 0.25) is 0 Å². The van der Waals surface area contributed by atoms with Crippen molar-refractivity contribution in [2.24, 2.45) is 0 Å². The zero-order chi connectivity index (χ0) is 15.5. The number of nitrogens with zero attached hydrogens (tertiary/aromatic N) is 3. The van der Waals surface area contributed by atoms with Gasteiger partial charge in [0, 0.05) is 29.3 Å². The molecule has 0 amide bonds. The van der Waals surface area contributed by atoms with Crippen LogP contribution in [0.15, 0.2) is 54.7 Å². The van der Waals surface area contributed by atoms with Gasteiger partial charge in [-0.1, -0.05) is 18.2 Å². The Labute approximate surface area is 126 Å². The maximum Gasteiger partial charge on any atom is 0.270 e. The highest BCUT2D eigenvalue weighted by atomic mass is 16.6. The van der Waals surface area contributed by atoms with Crippen LogP contribution in [0.1, 0.15) is 5.56 Å². The maximum atomic E-state index is 11.0. The molecule has 0 radical (unpaired) electrons. The molecule has 0 saturated heterocycles. The lowest BCUT2D eigenvalue weighted by Gasteiger charge is -2.08. The highest BCUT2D eigenvalue weighted by molar-refractivity contribution is 5.94. The number of benzene rings is 2. The zero-order valence-electron chi connectivity index (χ0n) is 11.6. The molecule has 0 aliphatic rings. The molecule has 0 unspecified atom stereocenters. The molecule has 2 aromatic carbocycles. The third kappa shape index (κ3) is 2.50. The van der Waals surface area contributed by atoms with E-state index in [-0.39, 0.29) is 12.1 Å². The molecule has 0 aliphatic carbocycles. The van der Waals surface area contributed by atoms with Gasteiger partial charge >= 0.3 is 0 Å². The number of nitro groups is 1. The topological polar surface area (TPSA) is 79.8 Å². The third-order valence-corrected chi connectivity index (χ3v) is 3.42. The van der Waals surface area contributed by atoms with Gasteiger partial charge in [0.1, 0.15) is 0 Å². The Kier molecular flexibility index (Phi) is 3.50. The number of non-ortho nitro benzene ring substituents is 1. The van der Waals surface area contributed by atoms with Crippen molar-refractivity contribution in [1.82, 2.24) is 4.98 Å². The van der Waals surface area contributed by atoms with Crippen LogP contribution in [0.3, 0.4) is 0 Å². The van der Waals surface area contributed by atoms with Crippen LogP contribution in [0.25, 0.3) is 22.0 Å². The summed E-state index contributed by atoms with van der Waals surface area (Å²) in [5.41, 5.74) is 3.19. The number of fused-ring (bicyclic) bond motifs is 1. The summed E-state index contributed by atoms with van der Waals surface area (Å²) in [5, 5.41) is 20.8. The number of hydrogen-bond acceptors (Lipinski definition) is 4.